The number of hydrogen-bond donors (Lipinski definition) is 0. The normalized spacial score (nSPS) is 20.5. The van der Waals surface area contributed by atoms with Crippen molar-refractivity contribution in [2.75, 3.05) is 33.4 Å². The van der Waals surface area contributed by atoms with E-state index < -0.39 is 11.7 Å². The van der Waals surface area contributed by atoms with E-state index in [0.717, 1.165) is 41.5 Å². The topological polar surface area (TPSA) is 63.7 Å². The van der Waals surface area contributed by atoms with E-state index in [-0.39, 0.29) is 11.2 Å². The van der Waals surface area contributed by atoms with Crippen LogP contribution in [0.25, 0.3) is 11.1 Å². The minimum atomic E-state index is -4.42. The molecule has 4 heterocycles. The van der Waals surface area contributed by atoms with E-state index >= 15 is 0 Å². The number of hydrogen-bond acceptors (Lipinski definition) is 6. The zero-order valence-corrected chi connectivity index (χ0v) is 21.3. The molecule has 7 nitrogen and oxygen atoms in total. The van der Waals surface area contributed by atoms with Gasteiger partial charge in [-0.25, -0.2) is 4.79 Å². The minimum Gasteiger partial charge on any atom is -0.408 e. The van der Waals surface area contributed by atoms with Crippen molar-refractivity contribution in [1.29, 1.82) is 0 Å². The van der Waals surface area contributed by atoms with E-state index in [1.54, 1.807) is 14.2 Å². The molecule has 10 heteroatoms. The summed E-state index contributed by atoms with van der Waals surface area (Å²) in [4.78, 5) is 20.4. The van der Waals surface area contributed by atoms with Gasteiger partial charge in [0.25, 0.3) is 0 Å². The average Bonchev–Trinajstić information content (AvgIpc) is 3.38. The molecule has 1 aromatic carbocycles. The monoisotopic (exact) mass is 516 g/mol. The van der Waals surface area contributed by atoms with E-state index in [0.29, 0.717) is 56.0 Å². The zero-order chi connectivity index (χ0) is 26.5. The van der Waals surface area contributed by atoms with Crippen LogP contribution in [-0.2, 0) is 37.5 Å². The lowest BCUT2D eigenvalue weighted by atomic mass is 9.83. The predicted octanol–water partition coefficient (Wildman–Crippen LogP) is 4.26. The molecule has 1 fully saturated rings. The Labute approximate surface area is 213 Å². The smallest absolute Gasteiger partial charge is 0.408 e. The Kier molecular flexibility index (Phi) is 6.44. The summed E-state index contributed by atoms with van der Waals surface area (Å²) in [7, 11) is 3.36. The van der Waals surface area contributed by atoms with E-state index in [1.807, 2.05) is 19.1 Å². The number of methoxy groups -OCH3 is 1. The largest absolute Gasteiger partial charge is 0.419 e. The van der Waals surface area contributed by atoms with Crippen molar-refractivity contribution in [2.45, 2.75) is 39.0 Å². The van der Waals surface area contributed by atoms with E-state index in [4.69, 9.17) is 9.15 Å². The number of halogens is 3. The molecular weight excluding hydrogens is 485 g/mol. The van der Waals surface area contributed by atoms with Crippen LogP contribution in [0.2, 0.25) is 0 Å². The molecule has 5 rings (SSSR count). The first kappa shape index (κ1) is 25.5. The van der Waals surface area contributed by atoms with Gasteiger partial charge in [0.2, 0.25) is 0 Å². The summed E-state index contributed by atoms with van der Waals surface area (Å²) in [5.74, 6) is -0.385. The molecule has 37 heavy (non-hydrogen) atoms. The summed E-state index contributed by atoms with van der Waals surface area (Å²) in [6.07, 6.45) is -2.11. The van der Waals surface area contributed by atoms with Gasteiger partial charge in [-0.1, -0.05) is 6.58 Å². The standard InChI is InChI=1S/C27H31F3N4O3/c1-17-9-23-24(37-25(35)32(23)3)11-19(17)13-33-8-6-26(15-33,16-36-4)18(2)34-7-5-22-20(14-34)10-21(12-31-22)27(28,29)30/h9-12H,2,5-8,13-16H2,1,3-4H3. The predicted molar refractivity (Wildman–Crippen MR) is 133 cm³/mol. The molecule has 0 amide bonds. The number of pyridine rings is 1. The fourth-order valence-corrected chi connectivity index (χ4v) is 5.68. The minimum absolute atomic E-state index is 0.347. The van der Waals surface area contributed by atoms with Gasteiger partial charge in [-0.15, -0.1) is 0 Å². The van der Waals surface area contributed by atoms with Gasteiger partial charge in [0.15, 0.2) is 5.58 Å². The zero-order valence-electron chi connectivity index (χ0n) is 21.3. The van der Waals surface area contributed by atoms with Gasteiger partial charge in [0, 0.05) is 69.8 Å². The van der Waals surface area contributed by atoms with E-state index in [9.17, 15) is 18.0 Å². The van der Waals surface area contributed by atoms with Gasteiger partial charge in [0.1, 0.15) is 0 Å². The van der Waals surface area contributed by atoms with Crippen LogP contribution in [0.1, 0.15) is 34.4 Å². The number of oxazole rings is 1. The van der Waals surface area contributed by atoms with Crippen molar-refractivity contribution in [3.05, 3.63) is 75.2 Å². The van der Waals surface area contributed by atoms with Crippen LogP contribution < -0.4 is 5.76 Å². The summed E-state index contributed by atoms with van der Waals surface area (Å²) >= 11 is 0. The van der Waals surface area contributed by atoms with Crippen LogP contribution in [-0.4, -0.2) is 52.7 Å². The number of nitrogens with zero attached hydrogens (tertiary/aromatic N) is 4. The molecule has 2 aliphatic rings. The van der Waals surface area contributed by atoms with E-state index in [1.165, 1.54) is 10.6 Å². The number of aryl methyl sites for hydroxylation is 2. The number of alkyl halides is 3. The Hall–Kier alpha value is -3.11. The third-order valence-electron chi connectivity index (χ3n) is 7.86. The maximum atomic E-state index is 13.3. The average molecular weight is 517 g/mol. The number of benzene rings is 1. The van der Waals surface area contributed by atoms with Crippen LogP contribution >= 0.6 is 0 Å². The molecule has 0 spiro atoms. The molecule has 0 N–H and O–H groups in total. The number of aromatic nitrogens is 2. The van der Waals surface area contributed by atoms with E-state index in [2.05, 4.69) is 21.4 Å². The fourth-order valence-electron chi connectivity index (χ4n) is 5.68. The van der Waals surface area contributed by atoms with Crippen LogP contribution in [0.5, 0.6) is 0 Å². The van der Waals surface area contributed by atoms with Gasteiger partial charge in [-0.05, 0) is 54.8 Å². The first-order valence-electron chi connectivity index (χ1n) is 12.3. The van der Waals surface area contributed by atoms with Crippen LogP contribution in [0.15, 0.2) is 45.9 Å². The van der Waals surface area contributed by atoms with Crippen molar-refractivity contribution in [3.63, 3.8) is 0 Å². The van der Waals surface area contributed by atoms with Crippen LogP contribution in [0.3, 0.4) is 0 Å². The molecule has 2 aromatic heterocycles. The molecule has 0 radical (unpaired) electrons. The van der Waals surface area contributed by atoms with Gasteiger partial charge < -0.3 is 14.1 Å². The maximum absolute atomic E-state index is 13.3. The fraction of sp³-hybridized carbons (Fsp3) is 0.481. The summed E-state index contributed by atoms with van der Waals surface area (Å²) in [5.41, 5.74) is 4.62. The molecular formula is C27H31F3N4O3. The van der Waals surface area contributed by atoms with Crippen molar-refractivity contribution < 1.29 is 22.3 Å². The van der Waals surface area contributed by atoms with Crippen molar-refractivity contribution in [2.24, 2.45) is 12.5 Å². The van der Waals surface area contributed by atoms with Crippen LogP contribution in [0, 0.1) is 12.3 Å². The highest BCUT2D eigenvalue weighted by Gasteiger charge is 2.43. The second-order valence-electron chi connectivity index (χ2n) is 10.3. The van der Waals surface area contributed by atoms with Crippen molar-refractivity contribution >= 4 is 11.1 Å². The quantitative estimate of drug-likeness (QED) is 0.488. The number of likely N-dealkylation sites (tertiary alicyclic amines) is 1. The molecule has 198 valence electrons. The highest BCUT2D eigenvalue weighted by molar-refractivity contribution is 5.75. The third-order valence-corrected chi connectivity index (χ3v) is 7.86. The maximum Gasteiger partial charge on any atom is 0.419 e. The van der Waals surface area contributed by atoms with Gasteiger partial charge in [-0.2, -0.15) is 13.2 Å². The lowest BCUT2D eigenvalue weighted by Gasteiger charge is -2.41. The molecule has 0 bridgehead atoms. The Balaban J connectivity index is 1.35. The lowest BCUT2D eigenvalue weighted by Crippen LogP contribution is -2.42. The molecule has 0 aliphatic carbocycles. The summed E-state index contributed by atoms with van der Waals surface area (Å²) < 4.78 is 52.3. The van der Waals surface area contributed by atoms with Crippen molar-refractivity contribution in [3.8, 4) is 0 Å². The van der Waals surface area contributed by atoms with Gasteiger partial charge in [-0.3, -0.25) is 14.5 Å². The molecule has 0 saturated carbocycles. The number of rotatable bonds is 6. The SMILES string of the molecule is C=C(N1CCc2ncc(C(F)(F)F)cc2C1)C1(COC)CCN(Cc2cc3oc(=O)n(C)c3cc2C)C1. The van der Waals surface area contributed by atoms with Crippen LogP contribution in [0.4, 0.5) is 13.2 Å². The molecule has 2 aliphatic heterocycles. The second kappa shape index (κ2) is 9.33. The summed E-state index contributed by atoms with van der Waals surface area (Å²) in [6, 6.07) is 5.12. The summed E-state index contributed by atoms with van der Waals surface area (Å²) in [5, 5.41) is 0. The van der Waals surface area contributed by atoms with Gasteiger partial charge >= 0.3 is 11.9 Å². The van der Waals surface area contributed by atoms with Gasteiger partial charge in [0.05, 0.1) is 17.7 Å². The van der Waals surface area contributed by atoms with Crippen molar-refractivity contribution in [1.82, 2.24) is 19.4 Å². The third kappa shape index (κ3) is 4.68. The Bertz CT molecular complexity index is 1410. The first-order valence-corrected chi connectivity index (χ1v) is 12.3. The summed E-state index contributed by atoms with van der Waals surface area (Å²) in [6.45, 7) is 10.1. The lowest BCUT2D eigenvalue weighted by molar-refractivity contribution is -0.137. The highest BCUT2D eigenvalue weighted by Crippen LogP contribution is 2.41. The molecule has 3 aromatic rings. The number of ether oxygens (including phenoxy) is 1. The second-order valence-corrected chi connectivity index (χ2v) is 10.3. The Morgan fingerprint density at radius 3 is 2.78 bits per heavy atom. The molecule has 1 unspecified atom stereocenters. The number of fused-ring (bicyclic) bond motifs is 2. The Morgan fingerprint density at radius 1 is 1.27 bits per heavy atom. The Morgan fingerprint density at radius 2 is 2.05 bits per heavy atom. The first-order chi connectivity index (χ1) is 17.5. The molecule has 1 saturated heterocycles. The highest BCUT2D eigenvalue weighted by atomic mass is 19.4. The molecule has 1 atom stereocenters.